The number of carbonyl (C=O) groups is 2. The Kier molecular flexibility index (Phi) is 7.60. The van der Waals surface area contributed by atoms with Gasteiger partial charge < -0.3 is 16.0 Å². The smallest absolute Gasteiger partial charge is 0.315 e. The van der Waals surface area contributed by atoms with E-state index in [1.54, 1.807) is 11.0 Å². The first-order chi connectivity index (χ1) is 12.6. The van der Waals surface area contributed by atoms with Gasteiger partial charge in [-0.05, 0) is 31.0 Å². The molecule has 3 amide bonds. The van der Waals surface area contributed by atoms with Gasteiger partial charge >= 0.3 is 6.03 Å². The second-order valence-corrected chi connectivity index (χ2v) is 5.98. The lowest BCUT2D eigenvalue weighted by molar-refractivity contribution is -0.118. The predicted octanol–water partition coefficient (Wildman–Crippen LogP) is 2.14. The van der Waals surface area contributed by atoms with Crippen molar-refractivity contribution in [1.29, 1.82) is 0 Å². The Morgan fingerprint density at radius 2 is 1.96 bits per heavy atom. The van der Waals surface area contributed by atoms with Crippen LogP contribution in [0, 0.1) is 0 Å². The molecule has 1 aromatic heterocycles. The van der Waals surface area contributed by atoms with Gasteiger partial charge in [0.05, 0.1) is 6.54 Å². The second-order valence-electron chi connectivity index (χ2n) is 5.98. The highest BCUT2D eigenvalue weighted by Crippen LogP contribution is 2.12. The van der Waals surface area contributed by atoms with E-state index in [4.69, 9.17) is 0 Å². The number of nitrogens with zero attached hydrogens (tertiary/aromatic N) is 3. The molecule has 1 heterocycles. The lowest BCUT2D eigenvalue weighted by Gasteiger charge is -2.18. The van der Waals surface area contributed by atoms with Crippen molar-refractivity contribution in [3.05, 3.63) is 42.5 Å². The van der Waals surface area contributed by atoms with Crippen molar-refractivity contribution in [2.45, 2.75) is 45.7 Å². The van der Waals surface area contributed by atoms with Crippen molar-refractivity contribution in [3.63, 3.8) is 0 Å². The molecule has 2 aromatic rings. The summed E-state index contributed by atoms with van der Waals surface area (Å²) >= 11 is 0. The molecule has 0 saturated heterocycles. The molecule has 0 fully saturated rings. The van der Waals surface area contributed by atoms with Gasteiger partial charge in [0.1, 0.15) is 18.7 Å². The largest absolute Gasteiger partial charge is 0.338 e. The van der Waals surface area contributed by atoms with Crippen LogP contribution in [0.4, 0.5) is 10.5 Å². The number of nitrogens with one attached hydrogen (secondary N) is 3. The summed E-state index contributed by atoms with van der Waals surface area (Å²) in [5.41, 5.74) is 1.74. The number of anilines is 1. The molecule has 1 atom stereocenters. The van der Waals surface area contributed by atoms with Crippen LogP contribution in [0.5, 0.6) is 0 Å². The fraction of sp³-hybridized carbons (Fsp3) is 0.444. The van der Waals surface area contributed by atoms with Crippen LogP contribution in [0.25, 0.3) is 0 Å². The fourth-order valence-electron chi connectivity index (χ4n) is 2.47. The SMILES string of the molecule is CCCC[C@@H](NC(=O)NCC)C(=O)Nc1ccc(Cn2cncn2)cc1. The minimum atomic E-state index is -0.559. The number of hydrogen-bond acceptors (Lipinski definition) is 4. The van der Waals surface area contributed by atoms with Crippen LogP contribution >= 0.6 is 0 Å². The third-order valence-corrected chi connectivity index (χ3v) is 3.84. The maximum Gasteiger partial charge on any atom is 0.315 e. The Hall–Kier alpha value is -2.90. The molecular weight excluding hydrogens is 332 g/mol. The average Bonchev–Trinajstić information content (AvgIpc) is 3.13. The number of unbranched alkanes of at least 4 members (excludes halogenated alkanes) is 1. The van der Waals surface area contributed by atoms with E-state index in [0.717, 1.165) is 18.4 Å². The molecule has 26 heavy (non-hydrogen) atoms. The molecule has 2 rings (SSSR count). The van der Waals surface area contributed by atoms with E-state index < -0.39 is 6.04 Å². The highest BCUT2D eigenvalue weighted by molar-refractivity contribution is 5.96. The number of carbonyl (C=O) groups excluding carboxylic acids is 2. The molecule has 0 aliphatic carbocycles. The molecule has 0 saturated carbocycles. The van der Waals surface area contributed by atoms with Gasteiger partial charge in [0.15, 0.2) is 0 Å². The van der Waals surface area contributed by atoms with Crippen LogP contribution < -0.4 is 16.0 Å². The first-order valence-electron chi connectivity index (χ1n) is 8.89. The van der Waals surface area contributed by atoms with Gasteiger partial charge in [0.25, 0.3) is 0 Å². The highest BCUT2D eigenvalue weighted by atomic mass is 16.2. The number of hydrogen-bond donors (Lipinski definition) is 3. The summed E-state index contributed by atoms with van der Waals surface area (Å²) in [4.78, 5) is 28.2. The molecule has 8 nitrogen and oxygen atoms in total. The molecule has 0 aliphatic heterocycles. The third kappa shape index (κ3) is 6.19. The van der Waals surface area contributed by atoms with E-state index in [9.17, 15) is 9.59 Å². The molecule has 0 unspecified atom stereocenters. The first-order valence-corrected chi connectivity index (χ1v) is 8.89. The molecule has 1 aromatic carbocycles. The quantitative estimate of drug-likeness (QED) is 0.639. The molecule has 0 spiro atoms. The molecule has 0 radical (unpaired) electrons. The maximum absolute atomic E-state index is 12.5. The number of benzene rings is 1. The van der Waals surface area contributed by atoms with Crippen LogP contribution in [-0.4, -0.2) is 39.3 Å². The van der Waals surface area contributed by atoms with Crippen molar-refractivity contribution in [1.82, 2.24) is 25.4 Å². The van der Waals surface area contributed by atoms with E-state index >= 15 is 0 Å². The van der Waals surface area contributed by atoms with E-state index in [0.29, 0.717) is 25.2 Å². The minimum Gasteiger partial charge on any atom is -0.338 e. The first kappa shape index (κ1) is 19.4. The van der Waals surface area contributed by atoms with Crippen molar-refractivity contribution < 1.29 is 9.59 Å². The Bertz CT molecular complexity index is 684. The summed E-state index contributed by atoms with van der Waals surface area (Å²) < 4.78 is 1.73. The molecule has 0 bridgehead atoms. The lowest BCUT2D eigenvalue weighted by Crippen LogP contribution is -2.47. The highest BCUT2D eigenvalue weighted by Gasteiger charge is 2.20. The second kappa shape index (κ2) is 10.2. The van der Waals surface area contributed by atoms with Gasteiger partial charge in [-0.15, -0.1) is 0 Å². The van der Waals surface area contributed by atoms with Crippen LogP contribution in [0.3, 0.4) is 0 Å². The monoisotopic (exact) mass is 358 g/mol. The fourth-order valence-corrected chi connectivity index (χ4v) is 2.47. The van der Waals surface area contributed by atoms with Crippen LogP contribution in [0.2, 0.25) is 0 Å². The van der Waals surface area contributed by atoms with E-state index in [1.165, 1.54) is 6.33 Å². The number of amides is 3. The summed E-state index contributed by atoms with van der Waals surface area (Å²) in [6.45, 7) is 5.02. The standard InChI is InChI=1S/C18H26N6O2/c1-3-5-6-16(23-18(26)20-4-2)17(25)22-15-9-7-14(8-10-15)11-24-13-19-12-21-24/h7-10,12-13,16H,3-6,11H2,1-2H3,(H,22,25)(H2,20,23,26)/t16-/m1/s1. The lowest BCUT2D eigenvalue weighted by atomic mass is 10.1. The van der Waals surface area contributed by atoms with Gasteiger partial charge in [-0.25, -0.2) is 14.5 Å². The molecule has 8 heteroatoms. The Morgan fingerprint density at radius 3 is 2.58 bits per heavy atom. The number of aromatic nitrogens is 3. The Balaban J connectivity index is 1.94. The van der Waals surface area contributed by atoms with Crippen molar-refractivity contribution in [2.24, 2.45) is 0 Å². The van der Waals surface area contributed by atoms with E-state index in [-0.39, 0.29) is 11.9 Å². The summed E-state index contributed by atoms with van der Waals surface area (Å²) in [6.07, 6.45) is 5.57. The van der Waals surface area contributed by atoms with Crippen LogP contribution in [-0.2, 0) is 11.3 Å². The Labute approximate surface area is 153 Å². The zero-order valence-corrected chi connectivity index (χ0v) is 15.2. The molecular formula is C18H26N6O2. The summed E-state index contributed by atoms with van der Waals surface area (Å²) in [7, 11) is 0. The van der Waals surface area contributed by atoms with Crippen LogP contribution in [0.15, 0.2) is 36.9 Å². The van der Waals surface area contributed by atoms with Crippen molar-refractivity contribution in [3.8, 4) is 0 Å². The van der Waals surface area contributed by atoms with Gasteiger partial charge in [0, 0.05) is 12.2 Å². The van der Waals surface area contributed by atoms with Crippen molar-refractivity contribution >= 4 is 17.6 Å². The van der Waals surface area contributed by atoms with Gasteiger partial charge in [-0.3, -0.25) is 4.79 Å². The topological polar surface area (TPSA) is 101 Å². The summed E-state index contributed by atoms with van der Waals surface area (Å²) in [5.74, 6) is -0.214. The minimum absolute atomic E-state index is 0.214. The molecule has 0 aliphatic rings. The molecule has 140 valence electrons. The zero-order valence-electron chi connectivity index (χ0n) is 15.2. The van der Waals surface area contributed by atoms with E-state index in [1.807, 2.05) is 31.2 Å². The number of rotatable bonds is 9. The maximum atomic E-state index is 12.5. The zero-order chi connectivity index (χ0) is 18.8. The number of urea groups is 1. The third-order valence-electron chi connectivity index (χ3n) is 3.84. The van der Waals surface area contributed by atoms with Gasteiger partial charge in [-0.2, -0.15) is 5.10 Å². The van der Waals surface area contributed by atoms with Gasteiger partial charge in [-0.1, -0.05) is 31.9 Å². The van der Waals surface area contributed by atoms with Crippen LogP contribution in [0.1, 0.15) is 38.7 Å². The summed E-state index contributed by atoms with van der Waals surface area (Å²) in [6, 6.07) is 6.65. The summed E-state index contributed by atoms with van der Waals surface area (Å²) in [5, 5.41) is 12.3. The average molecular weight is 358 g/mol. The molecule has 3 N–H and O–H groups in total. The van der Waals surface area contributed by atoms with Crippen molar-refractivity contribution in [2.75, 3.05) is 11.9 Å². The van der Waals surface area contributed by atoms with Gasteiger partial charge in [0.2, 0.25) is 5.91 Å². The Morgan fingerprint density at radius 1 is 1.19 bits per heavy atom. The normalized spacial score (nSPS) is 11.6. The van der Waals surface area contributed by atoms with E-state index in [2.05, 4.69) is 33.0 Å². The predicted molar refractivity (Wildman–Crippen MR) is 99.7 cm³/mol.